The zero-order chi connectivity index (χ0) is 8.36. The number of carbonyl (C=O) groups is 1. The van der Waals surface area contributed by atoms with Crippen molar-refractivity contribution in [1.82, 2.24) is 4.72 Å². The van der Waals surface area contributed by atoms with E-state index in [1.807, 2.05) is 4.72 Å². The first-order valence-electron chi connectivity index (χ1n) is 2.63. The Hall–Kier alpha value is -0.620. The third-order valence-corrected chi connectivity index (χ3v) is 2.88. The lowest BCUT2D eigenvalue weighted by Crippen LogP contribution is -2.39. The molecule has 10 heavy (non-hydrogen) atoms. The van der Waals surface area contributed by atoms with Crippen molar-refractivity contribution in [3.8, 4) is 0 Å². The van der Waals surface area contributed by atoms with Crippen LogP contribution < -0.4 is 10.5 Å². The first-order chi connectivity index (χ1) is 4.41. The van der Waals surface area contributed by atoms with E-state index in [-0.39, 0.29) is 0 Å². The molecular weight excluding hydrogens is 156 g/mol. The molecule has 0 saturated heterocycles. The summed E-state index contributed by atoms with van der Waals surface area (Å²) in [5.74, 6) is -0.852. The van der Waals surface area contributed by atoms with Crippen molar-refractivity contribution in [2.24, 2.45) is 5.73 Å². The van der Waals surface area contributed by atoms with Crippen LogP contribution in [0.15, 0.2) is 0 Å². The van der Waals surface area contributed by atoms with E-state index in [1.54, 1.807) is 0 Å². The Labute approximate surface area is 59.6 Å². The first-order valence-corrected chi connectivity index (χ1v) is 4.18. The lowest BCUT2D eigenvalue weighted by molar-refractivity contribution is -0.117. The Morgan fingerprint density at radius 2 is 2.00 bits per heavy atom. The molecule has 0 aliphatic carbocycles. The second kappa shape index (κ2) is 2.98. The highest BCUT2D eigenvalue weighted by Gasteiger charge is 2.23. The average Bonchev–Trinajstić information content (AvgIpc) is 1.86. The predicted octanol–water partition coefficient (Wildman–Crippen LogP) is -1.59. The summed E-state index contributed by atoms with van der Waals surface area (Å²) in [5, 5.41) is -1.17. The molecule has 0 aromatic rings. The van der Waals surface area contributed by atoms with Crippen LogP contribution in [0.3, 0.4) is 0 Å². The van der Waals surface area contributed by atoms with Gasteiger partial charge >= 0.3 is 0 Å². The molecular formula is C4H10N2O3S. The van der Waals surface area contributed by atoms with Gasteiger partial charge in [0, 0.05) is 0 Å². The summed E-state index contributed by atoms with van der Waals surface area (Å²) in [6.07, 6.45) is 0. The van der Waals surface area contributed by atoms with Gasteiger partial charge in [-0.15, -0.1) is 0 Å². The van der Waals surface area contributed by atoms with E-state index >= 15 is 0 Å². The maximum atomic E-state index is 10.7. The zero-order valence-corrected chi connectivity index (χ0v) is 6.60. The average molecular weight is 166 g/mol. The van der Waals surface area contributed by atoms with Crippen LogP contribution in [0.4, 0.5) is 0 Å². The molecule has 0 bridgehead atoms. The van der Waals surface area contributed by atoms with Crippen molar-refractivity contribution in [1.29, 1.82) is 0 Å². The van der Waals surface area contributed by atoms with Crippen molar-refractivity contribution >= 4 is 15.9 Å². The predicted molar refractivity (Wildman–Crippen MR) is 36.6 cm³/mol. The minimum Gasteiger partial charge on any atom is -0.369 e. The molecule has 0 spiro atoms. The number of carbonyl (C=O) groups excluding carboxylic acids is 1. The Balaban J connectivity index is 4.51. The van der Waals surface area contributed by atoms with Gasteiger partial charge in [0.15, 0.2) is 5.25 Å². The summed E-state index contributed by atoms with van der Waals surface area (Å²) < 4.78 is 23.5. The third-order valence-electron chi connectivity index (χ3n) is 1.15. The number of hydrogen-bond acceptors (Lipinski definition) is 3. The summed E-state index contributed by atoms with van der Waals surface area (Å²) in [7, 11) is -2.29. The van der Waals surface area contributed by atoms with Crippen molar-refractivity contribution in [3.63, 3.8) is 0 Å². The number of primary amides is 1. The largest absolute Gasteiger partial charge is 0.369 e. The number of rotatable bonds is 3. The normalized spacial score (nSPS) is 14.6. The van der Waals surface area contributed by atoms with E-state index in [1.165, 1.54) is 14.0 Å². The van der Waals surface area contributed by atoms with Gasteiger partial charge in [-0.25, -0.2) is 13.1 Å². The molecule has 0 aliphatic heterocycles. The smallest absolute Gasteiger partial charge is 0.236 e. The second-order valence-electron chi connectivity index (χ2n) is 1.79. The number of nitrogens with two attached hydrogens (primary N) is 1. The van der Waals surface area contributed by atoms with Gasteiger partial charge in [0.1, 0.15) is 0 Å². The minimum absolute atomic E-state index is 0.852. The number of hydrogen-bond donors (Lipinski definition) is 2. The van der Waals surface area contributed by atoms with E-state index in [9.17, 15) is 13.2 Å². The highest BCUT2D eigenvalue weighted by Crippen LogP contribution is 1.94. The molecule has 0 fully saturated rings. The van der Waals surface area contributed by atoms with Crippen molar-refractivity contribution < 1.29 is 13.2 Å². The maximum absolute atomic E-state index is 10.7. The van der Waals surface area contributed by atoms with Gasteiger partial charge < -0.3 is 5.73 Å². The molecule has 1 atom stereocenters. The van der Waals surface area contributed by atoms with Gasteiger partial charge in [-0.3, -0.25) is 4.79 Å². The molecule has 0 rings (SSSR count). The number of sulfonamides is 1. The lowest BCUT2D eigenvalue weighted by Gasteiger charge is -2.05. The summed E-state index contributed by atoms with van der Waals surface area (Å²) in [5.41, 5.74) is 4.74. The molecule has 6 heteroatoms. The van der Waals surface area contributed by atoms with Gasteiger partial charge in [0.05, 0.1) is 0 Å². The molecule has 0 radical (unpaired) electrons. The molecule has 0 saturated carbocycles. The fourth-order valence-corrected chi connectivity index (χ4v) is 0.989. The van der Waals surface area contributed by atoms with Crippen LogP contribution in [-0.2, 0) is 14.8 Å². The summed E-state index contributed by atoms with van der Waals surface area (Å²) >= 11 is 0. The van der Waals surface area contributed by atoms with E-state index in [2.05, 4.69) is 0 Å². The van der Waals surface area contributed by atoms with Crippen LogP contribution >= 0.6 is 0 Å². The monoisotopic (exact) mass is 166 g/mol. The molecule has 5 nitrogen and oxygen atoms in total. The Bertz CT molecular complexity index is 221. The molecule has 1 amide bonds. The minimum atomic E-state index is -3.52. The maximum Gasteiger partial charge on any atom is 0.236 e. The highest BCUT2D eigenvalue weighted by atomic mass is 32.2. The van der Waals surface area contributed by atoms with Crippen molar-refractivity contribution in [3.05, 3.63) is 0 Å². The SMILES string of the molecule is CNS(=O)(=O)C(C)C(N)=O. The fourth-order valence-electron chi connectivity index (χ4n) is 0.330. The Morgan fingerprint density at radius 1 is 1.60 bits per heavy atom. The number of nitrogens with one attached hydrogen (secondary N) is 1. The highest BCUT2D eigenvalue weighted by molar-refractivity contribution is 7.90. The summed E-state index contributed by atoms with van der Waals surface area (Å²) in [4.78, 5) is 10.3. The first kappa shape index (κ1) is 9.38. The van der Waals surface area contributed by atoms with Crippen molar-refractivity contribution in [2.75, 3.05) is 7.05 Å². The van der Waals surface area contributed by atoms with Crippen LogP contribution in [0.2, 0.25) is 0 Å². The molecule has 1 unspecified atom stereocenters. The van der Waals surface area contributed by atoms with E-state index in [4.69, 9.17) is 5.73 Å². The Morgan fingerprint density at radius 3 is 2.10 bits per heavy atom. The topological polar surface area (TPSA) is 89.3 Å². The van der Waals surface area contributed by atoms with Gasteiger partial charge in [-0.2, -0.15) is 0 Å². The third kappa shape index (κ3) is 1.96. The Kier molecular flexibility index (Phi) is 2.79. The summed E-state index contributed by atoms with van der Waals surface area (Å²) in [6.45, 7) is 1.23. The lowest BCUT2D eigenvalue weighted by atomic mass is 10.5. The quantitative estimate of drug-likeness (QED) is 0.529. The van der Waals surface area contributed by atoms with E-state index in [0.29, 0.717) is 0 Å². The van der Waals surface area contributed by atoms with Crippen LogP contribution in [0, 0.1) is 0 Å². The second-order valence-corrected chi connectivity index (χ2v) is 4.00. The van der Waals surface area contributed by atoms with Gasteiger partial charge in [-0.05, 0) is 14.0 Å². The zero-order valence-electron chi connectivity index (χ0n) is 5.79. The standard InChI is InChI=1S/C4H10N2O3S/c1-3(4(5)7)10(8,9)6-2/h3,6H,1-2H3,(H2,5,7). The van der Waals surface area contributed by atoms with E-state index in [0.717, 1.165) is 0 Å². The molecule has 0 heterocycles. The fraction of sp³-hybridized carbons (Fsp3) is 0.750. The van der Waals surface area contributed by atoms with Crippen LogP contribution in [0.25, 0.3) is 0 Å². The molecule has 0 aromatic carbocycles. The molecule has 0 aliphatic rings. The van der Waals surface area contributed by atoms with Crippen LogP contribution in [0.1, 0.15) is 6.92 Å². The number of amides is 1. The van der Waals surface area contributed by atoms with Gasteiger partial charge in [0.25, 0.3) is 0 Å². The van der Waals surface area contributed by atoms with Crippen LogP contribution in [-0.4, -0.2) is 26.6 Å². The molecule has 3 N–H and O–H groups in total. The van der Waals surface area contributed by atoms with Crippen LogP contribution in [0.5, 0.6) is 0 Å². The van der Waals surface area contributed by atoms with E-state index < -0.39 is 21.2 Å². The molecule has 60 valence electrons. The van der Waals surface area contributed by atoms with Gasteiger partial charge in [-0.1, -0.05) is 0 Å². The molecule has 0 aromatic heterocycles. The van der Waals surface area contributed by atoms with Gasteiger partial charge in [0.2, 0.25) is 15.9 Å². The summed E-state index contributed by atoms with van der Waals surface area (Å²) in [6, 6.07) is 0. The van der Waals surface area contributed by atoms with Crippen molar-refractivity contribution in [2.45, 2.75) is 12.2 Å².